The fourth-order valence-electron chi connectivity index (χ4n) is 5.02. The molecule has 5 aromatic rings. The number of aryl methyl sites for hydroxylation is 1. The summed E-state index contributed by atoms with van der Waals surface area (Å²) in [5, 5.41) is 16.0. The number of nitriles is 1. The van der Waals surface area contributed by atoms with Crippen LogP contribution in [-0.4, -0.2) is 9.13 Å². The third-order valence-electron chi connectivity index (χ3n) is 6.29. The molecule has 1 aliphatic rings. The van der Waals surface area contributed by atoms with E-state index in [0.29, 0.717) is 0 Å². The number of hydrogen-bond donors (Lipinski definition) is 0. The first-order valence-electron chi connectivity index (χ1n) is 9.95. The number of hydrogen-bond acceptors (Lipinski definition) is 1. The molecule has 0 saturated heterocycles. The molecule has 3 aromatic carbocycles. The Labute approximate surface area is 168 Å². The Morgan fingerprint density at radius 3 is 2.41 bits per heavy atom. The highest BCUT2D eigenvalue weighted by atomic mass is 15.0. The second-order valence-electron chi connectivity index (χ2n) is 7.75. The van der Waals surface area contributed by atoms with E-state index in [9.17, 15) is 5.26 Å². The summed E-state index contributed by atoms with van der Waals surface area (Å²) in [5.74, 6) is 0. The van der Waals surface area contributed by atoms with Crippen LogP contribution in [0.1, 0.15) is 18.0 Å². The Morgan fingerprint density at radius 2 is 1.59 bits per heavy atom. The summed E-state index contributed by atoms with van der Waals surface area (Å²) < 4.78 is 4.65. The first-order chi connectivity index (χ1) is 14.3. The predicted octanol–water partition coefficient (Wildman–Crippen LogP) is 4.36. The van der Waals surface area contributed by atoms with Gasteiger partial charge in [0.25, 0.3) is 0 Å². The quantitative estimate of drug-likeness (QED) is 0.430. The minimum atomic E-state index is 0.171. The van der Waals surface area contributed by atoms with E-state index >= 15 is 0 Å². The molecule has 138 valence electrons. The van der Waals surface area contributed by atoms with Gasteiger partial charge in [-0.05, 0) is 24.6 Å². The third kappa shape index (κ3) is 2.12. The standard InChI is InChI=1S/C26H19N3/c1-28-23-11-4-2-9-20(23)22-15-18(13-14-24(22)28)29-25-12-5-3-8-19(25)21-10-6-7-17(16-27)26(21)29/h2-12,14-15,18H,13H2,1H3. The molecular formula is C26H19N3. The molecular weight excluding hydrogens is 354 g/mol. The predicted molar refractivity (Wildman–Crippen MR) is 119 cm³/mol. The minimum absolute atomic E-state index is 0.171. The van der Waals surface area contributed by atoms with Gasteiger partial charge in [0.05, 0.1) is 17.1 Å². The van der Waals surface area contributed by atoms with Gasteiger partial charge in [-0.3, -0.25) is 0 Å². The molecule has 0 bridgehead atoms. The van der Waals surface area contributed by atoms with Crippen molar-refractivity contribution in [2.24, 2.45) is 7.05 Å². The van der Waals surface area contributed by atoms with E-state index in [1.54, 1.807) is 0 Å². The van der Waals surface area contributed by atoms with Gasteiger partial charge in [-0.15, -0.1) is 0 Å². The van der Waals surface area contributed by atoms with Crippen LogP contribution < -0.4 is 10.6 Å². The van der Waals surface area contributed by atoms with Crippen molar-refractivity contribution in [3.8, 4) is 6.07 Å². The molecule has 2 heterocycles. The molecule has 3 nitrogen and oxygen atoms in total. The molecule has 1 unspecified atom stereocenters. The van der Waals surface area contributed by atoms with E-state index in [1.165, 1.54) is 32.4 Å². The molecule has 3 heteroatoms. The summed E-state index contributed by atoms with van der Waals surface area (Å²) in [6, 6.07) is 25.7. The van der Waals surface area contributed by atoms with Crippen LogP contribution in [0.3, 0.4) is 0 Å². The molecule has 0 spiro atoms. The third-order valence-corrected chi connectivity index (χ3v) is 6.29. The Morgan fingerprint density at radius 1 is 0.862 bits per heavy atom. The van der Waals surface area contributed by atoms with Crippen LogP contribution in [0.5, 0.6) is 0 Å². The van der Waals surface area contributed by atoms with E-state index in [2.05, 4.69) is 89.0 Å². The zero-order chi connectivity index (χ0) is 19.5. The van der Waals surface area contributed by atoms with E-state index in [0.717, 1.165) is 22.9 Å². The number of fused-ring (bicyclic) bond motifs is 6. The summed E-state index contributed by atoms with van der Waals surface area (Å²) in [5.41, 5.74) is 4.21. The topological polar surface area (TPSA) is 33.6 Å². The summed E-state index contributed by atoms with van der Waals surface area (Å²) in [4.78, 5) is 0. The second-order valence-corrected chi connectivity index (χ2v) is 7.75. The van der Waals surface area contributed by atoms with Crippen molar-refractivity contribution in [2.75, 3.05) is 0 Å². The maximum atomic E-state index is 9.80. The molecule has 1 aliphatic carbocycles. The average molecular weight is 373 g/mol. The smallest absolute Gasteiger partial charge is 0.101 e. The first kappa shape index (κ1) is 16.2. The zero-order valence-corrected chi connectivity index (χ0v) is 16.1. The van der Waals surface area contributed by atoms with E-state index in [1.807, 2.05) is 12.1 Å². The van der Waals surface area contributed by atoms with Gasteiger partial charge in [-0.25, -0.2) is 0 Å². The summed E-state index contributed by atoms with van der Waals surface area (Å²) in [7, 11) is 2.14. The van der Waals surface area contributed by atoms with Gasteiger partial charge in [0, 0.05) is 44.8 Å². The largest absolute Gasteiger partial charge is 0.344 e. The number of rotatable bonds is 1. The lowest BCUT2D eigenvalue weighted by molar-refractivity contribution is 0.690. The fourth-order valence-corrected chi connectivity index (χ4v) is 5.02. The van der Waals surface area contributed by atoms with Crippen LogP contribution in [0, 0.1) is 11.3 Å². The number of benzene rings is 3. The van der Waals surface area contributed by atoms with Crippen LogP contribution in [0.15, 0.2) is 66.7 Å². The summed E-state index contributed by atoms with van der Waals surface area (Å²) in [6.07, 6.45) is 5.64. The maximum Gasteiger partial charge on any atom is 0.101 e. The number of para-hydroxylation sites is 3. The van der Waals surface area contributed by atoms with E-state index < -0.39 is 0 Å². The Bertz CT molecular complexity index is 1610. The molecule has 0 fully saturated rings. The maximum absolute atomic E-state index is 9.80. The molecule has 1 atom stereocenters. The van der Waals surface area contributed by atoms with E-state index in [4.69, 9.17) is 0 Å². The molecule has 0 radical (unpaired) electrons. The molecule has 0 N–H and O–H groups in total. The van der Waals surface area contributed by atoms with E-state index in [-0.39, 0.29) is 6.04 Å². The second kappa shape index (κ2) is 5.86. The summed E-state index contributed by atoms with van der Waals surface area (Å²) >= 11 is 0. The monoisotopic (exact) mass is 373 g/mol. The Hall–Kier alpha value is -3.77. The molecule has 29 heavy (non-hydrogen) atoms. The van der Waals surface area contributed by atoms with Crippen LogP contribution in [-0.2, 0) is 7.05 Å². The van der Waals surface area contributed by atoms with Crippen molar-refractivity contribution >= 4 is 44.9 Å². The van der Waals surface area contributed by atoms with Crippen molar-refractivity contribution in [3.63, 3.8) is 0 Å². The molecule has 0 saturated carbocycles. The number of aromatic nitrogens is 2. The highest BCUT2D eigenvalue weighted by Gasteiger charge is 2.21. The van der Waals surface area contributed by atoms with Crippen molar-refractivity contribution in [2.45, 2.75) is 12.5 Å². The molecule has 2 aromatic heterocycles. The van der Waals surface area contributed by atoms with Crippen LogP contribution in [0.25, 0.3) is 44.9 Å². The van der Waals surface area contributed by atoms with Gasteiger partial charge in [-0.2, -0.15) is 5.26 Å². The lowest BCUT2D eigenvalue weighted by Crippen LogP contribution is -2.32. The van der Waals surface area contributed by atoms with Crippen molar-refractivity contribution < 1.29 is 0 Å². The Kier molecular flexibility index (Phi) is 3.28. The fraction of sp³-hybridized carbons (Fsp3) is 0.115. The lowest BCUT2D eigenvalue weighted by Gasteiger charge is -2.19. The van der Waals surface area contributed by atoms with Crippen molar-refractivity contribution in [3.05, 3.63) is 82.9 Å². The highest BCUT2D eigenvalue weighted by molar-refractivity contribution is 6.10. The SMILES string of the molecule is Cn1c2c(c3ccccc31)=CC(n1c3ccccc3c3cccc(C#N)c31)CC=2. The summed E-state index contributed by atoms with van der Waals surface area (Å²) in [6.45, 7) is 0. The van der Waals surface area contributed by atoms with Crippen molar-refractivity contribution in [1.29, 1.82) is 5.26 Å². The lowest BCUT2D eigenvalue weighted by atomic mass is 10.0. The normalized spacial score (nSPS) is 15.8. The first-order valence-corrected chi connectivity index (χ1v) is 9.95. The van der Waals surface area contributed by atoms with Crippen molar-refractivity contribution in [1.82, 2.24) is 9.13 Å². The number of nitrogens with zero attached hydrogens (tertiary/aromatic N) is 3. The van der Waals surface area contributed by atoms with Gasteiger partial charge in [0.1, 0.15) is 6.07 Å². The van der Waals surface area contributed by atoms with Crippen LogP contribution >= 0.6 is 0 Å². The van der Waals surface area contributed by atoms with Gasteiger partial charge in [0.2, 0.25) is 0 Å². The highest BCUT2D eigenvalue weighted by Crippen LogP contribution is 2.35. The zero-order valence-electron chi connectivity index (χ0n) is 16.1. The van der Waals surface area contributed by atoms with Crippen LogP contribution in [0.2, 0.25) is 0 Å². The van der Waals surface area contributed by atoms with Gasteiger partial charge in [-0.1, -0.05) is 60.7 Å². The molecule has 6 rings (SSSR count). The Balaban J connectivity index is 1.73. The minimum Gasteiger partial charge on any atom is -0.344 e. The van der Waals surface area contributed by atoms with Gasteiger partial charge in [0.15, 0.2) is 0 Å². The van der Waals surface area contributed by atoms with Gasteiger partial charge >= 0.3 is 0 Å². The molecule has 0 amide bonds. The average Bonchev–Trinajstić information content (AvgIpc) is 3.26. The van der Waals surface area contributed by atoms with Crippen LogP contribution in [0.4, 0.5) is 0 Å². The molecule has 0 aliphatic heterocycles. The van der Waals surface area contributed by atoms with Gasteiger partial charge < -0.3 is 9.13 Å².